The molecule has 1 N–H and O–H groups in total. The summed E-state index contributed by atoms with van der Waals surface area (Å²) in [5.41, 5.74) is 2.65. The standard InChI is InChI=1S/C26H22FNO5S/c1-31-26(30)16-4-2-3-15(9-16)10-17-13-33-22-7-6-19(12-20(22)25(17)29)32-14-24-28-21-11-18(27)5-8-23(21)34-24/h2-9,11-12,17,25,29H,10,13-14H2,1H3/t17-,25+/m1/s1. The fraction of sp³-hybridized carbons (Fsp3) is 0.231. The summed E-state index contributed by atoms with van der Waals surface area (Å²) in [5, 5.41) is 11.8. The van der Waals surface area contributed by atoms with Crippen LogP contribution in [0.15, 0.2) is 60.7 Å². The minimum Gasteiger partial charge on any atom is -0.493 e. The van der Waals surface area contributed by atoms with Crippen molar-refractivity contribution in [2.75, 3.05) is 13.7 Å². The molecule has 0 spiro atoms. The summed E-state index contributed by atoms with van der Waals surface area (Å²) in [4.78, 5) is 16.2. The Balaban J connectivity index is 1.29. The number of benzene rings is 3. The van der Waals surface area contributed by atoms with Crippen LogP contribution in [0.4, 0.5) is 4.39 Å². The van der Waals surface area contributed by atoms with Gasteiger partial charge in [0.15, 0.2) is 0 Å². The first-order chi connectivity index (χ1) is 16.5. The van der Waals surface area contributed by atoms with Gasteiger partial charge in [0.1, 0.15) is 28.9 Å². The third-order valence-electron chi connectivity index (χ3n) is 5.80. The highest BCUT2D eigenvalue weighted by molar-refractivity contribution is 7.18. The average molecular weight is 480 g/mol. The van der Waals surface area contributed by atoms with Crippen LogP contribution in [0.1, 0.15) is 32.6 Å². The van der Waals surface area contributed by atoms with E-state index < -0.39 is 12.1 Å². The lowest BCUT2D eigenvalue weighted by molar-refractivity contribution is 0.0504. The molecule has 0 saturated heterocycles. The maximum Gasteiger partial charge on any atom is 0.337 e. The number of carbonyl (C=O) groups is 1. The molecular weight excluding hydrogens is 457 g/mol. The highest BCUT2D eigenvalue weighted by Gasteiger charge is 2.30. The number of carbonyl (C=O) groups excluding carboxylic acids is 1. The molecule has 2 heterocycles. The average Bonchev–Trinajstić information content (AvgIpc) is 3.26. The smallest absolute Gasteiger partial charge is 0.337 e. The van der Waals surface area contributed by atoms with Gasteiger partial charge in [-0.05, 0) is 54.4 Å². The zero-order valence-corrected chi connectivity index (χ0v) is 19.2. The van der Waals surface area contributed by atoms with Gasteiger partial charge in [0.25, 0.3) is 0 Å². The number of aromatic nitrogens is 1. The van der Waals surface area contributed by atoms with Gasteiger partial charge in [0, 0.05) is 17.5 Å². The Bertz CT molecular complexity index is 1350. The number of halogens is 1. The predicted octanol–water partition coefficient (Wildman–Crippen LogP) is 5.09. The summed E-state index contributed by atoms with van der Waals surface area (Å²) < 4.78 is 30.9. The van der Waals surface area contributed by atoms with Crippen molar-refractivity contribution in [2.45, 2.75) is 19.1 Å². The van der Waals surface area contributed by atoms with E-state index in [0.29, 0.717) is 41.2 Å². The van der Waals surface area contributed by atoms with Crippen molar-refractivity contribution in [2.24, 2.45) is 5.92 Å². The first-order valence-corrected chi connectivity index (χ1v) is 11.6. The number of fused-ring (bicyclic) bond motifs is 2. The van der Waals surface area contributed by atoms with Crippen molar-refractivity contribution in [3.63, 3.8) is 0 Å². The molecule has 3 aromatic carbocycles. The number of hydrogen-bond donors (Lipinski definition) is 1. The Kier molecular flexibility index (Phi) is 6.17. The highest BCUT2D eigenvalue weighted by atomic mass is 32.1. The van der Waals surface area contributed by atoms with Gasteiger partial charge in [-0.2, -0.15) is 0 Å². The largest absolute Gasteiger partial charge is 0.493 e. The van der Waals surface area contributed by atoms with Gasteiger partial charge in [0.05, 0.1) is 35.6 Å². The van der Waals surface area contributed by atoms with E-state index in [-0.39, 0.29) is 18.3 Å². The van der Waals surface area contributed by atoms with Crippen LogP contribution in [0, 0.1) is 11.7 Å². The van der Waals surface area contributed by atoms with Crippen LogP contribution < -0.4 is 9.47 Å². The van der Waals surface area contributed by atoms with Crippen LogP contribution in [-0.2, 0) is 17.8 Å². The number of ether oxygens (including phenoxy) is 3. The van der Waals surface area contributed by atoms with E-state index in [0.717, 1.165) is 15.3 Å². The van der Waals surface area contributed by atoms with E-state index in [4.69, 9.17) is 14.2 Å². The van der Waals surface area contributed by atoms with Gasteiger partial charge >= 0.3 is 5.97 Å². The van der Waals surface area contributed by atoms with Crippen LogP contribution in [0.3, 0.4) is 0 Å². The molecule has 2 atom stereocenters. The lowest BCUT2D eigenvalue weighted by atomic mass is 9.88. The Morgan fingerprint density at radius 1 is 1.21 bits per heavy atom. The van der Waals surface area contributed by atoms with E-state index in [1.165, 1.54) is 30.6 Å². The maximum atomic E-state index is 13.4. The molecule has 0 saturated carbocycles. The first kappa shape index (κ1) is 22.3. The van der Waals surface area contributed by atoms with Crippen LogP contribution >= 0.6 is 11.3 Å². The van der Waals surface area contributed by atoms with Crippen molar-refractivity contribution in [1.29, 1.82) is 0 Å². The molecule has 1 aliphatic heterocycles. The zero-order valence-electron chi connectivity index (χ0n) is 18.4. The molecule has 1 aliphatic rings. The van der Waals surface area contributed by atoms with Crippen molar-refractivity contribution >= 4 is 27.5 Å². The molecule has 0 unspecified atom stereocenters. The number of rotatable bonds is 6. The fourth-order valence-electron chi connectivity index (χ4n) is 4.09. The van der Waals surface area contributed by atoms with Crippen LogP contribution in [0.2, 0.25) is 0 Å². The number of nitrogens with zero attached hydrogens (tertiary/aromatic N) is 1. The van der Waals surface area contributed by atoms with Gasteiger partial charge in [-0.25, -0.2) is 14.2 Å². The van der Waals surface area contributed by atoms with Crippen molar-refractivity contribution in [3.8, 4) is 11.5 Å². The Hall–Kier alpha value is -3.49. The van der Waals surface area contributed by atoms with E-state index in [1.54, 1.807) is 42.5 Å². The van der Waals surface area contributed by atoms with Crippen molar-refractivity contribution < 1.29 is 28.5 Å². The van der Waals surface area contributed by atoms with E-state index in [2.05, 4.69) is 4.98 Å². The lowest BCUT2D eigenvalue weighted by Crippen LogP contribution is -2.27. The van der Waals surface area contributed by atoms with Crippen molar-refractivity contribution in [1.82, 2.24) is 4.98 Å². The van der Waals surface area contributed by atoms with E-state index >= 15 is 0 Å². The summed E-state index contributed by atoms with van der Waals surface area (Å²) in [7, 11) is 1.35. The van der Waals surface area contributed by atoms with Gasteiger partial charge < -0.3 is 19.3 Å². The second-order valence-electron chi connectivity index (χ2n) is 8.12. The molecular formula is C26H22FNO5S. The predicted molar refractivity (Wildman–Crippen MR) is 126 cm³/mol. The molecule has 5 rings (SSSR count). The normalized spacial score (nSPS) is 17.1. The molecule has 34 heavy (non-hydrogen) atoms. The number of thiazole rings is 1. The van der Waals surface area contributed by atoms with Crippen LogP contribution in [0.5, 0.6) is 11.5 Å². The molecule has 0 bridgehead atoms. The summed E-state index contributed by atoms with van der Waals surface area (Å²) in [6.07, 6.45) is -0.210. The number of hydrogen-bond acceptors (Lipinski definition) is 7. The summed E-state index contributed by atoms with van der Waals surface area (Å²) in [6, 6.07) is 17.1. The molecule has 8 heteroatoms. The summed E-state index contributed by atoms with van der Waals surface area (Å²) in [6.45, 7) is 0.597. The first-order valence-electron chi connectivity index (χ1n) is 10.8. The quantitative estimate of drug-likeness (QED) is 0.389. The fourth-order valence-corrected chi connectivity index (χ4v) is 4.95. The second kappa shape index (κ2) is 9.40. The molecule has 6 nitrogen and oxygen atoms in total. The van der Waals surface area contributed by atoms with Gasteiger partial charge in [-0.3, -0.25) is 0 Å². The van der Waals surface area contributed by atoms with Crippen LogP contribution in [0.25, 0.3) is 10.2 Å². The van der Waals surface area contributed by atoms with Crippen LogP contribution in [-0.4, -0.2) is 29.8 Å². The number of aliphatic hydroxyl groups excluding tert-OH is 1. The van der Waals surface area contributed by atoms with E-state index in [1.807, 2.05) is 6.07 Å². The highest BCUT2D eigenvalue weighted by Crippen LogP contribution is 2.39. The number of methoxy groups -OCH3 is 1. The molecule has 4 aromatic rings. The second-order valence-corrected chi connectivity index (χ2v) is 9.24. The monoisotopic (exact) mass is 479 g/mol. The molecule has 1 aromatic heterocycles. The van der Waals surface area contributed by atoms with Gasteiger partial charge in [-0.15, -0.1) is 11.3 Å². The topological polar surface area (TPSA) is 77.9 Å². The zero-order chi connectivity index (χ0) is 23.7. The Morgan fingerprint density at radius 3 is 2.94 bits per heavy atom. The third kappa shape index (κ3) is 4.60. The van der Waals surface area contributed by atoms with Crippen molar-refractivity contribution in [3.05, 3.63) is 88.2 Å². The lowest BCUT2D eigenvalue weighted by Gasteiger charge is -2.30. The maximum absolute atomic E-state index is 13.4. The van der Waals surface area contributed by atoms with Gasteiger partial charge in [0.2, 0.25) is 0 Å². The summed E-state index contributed by atoms with van der Waals surface area (Å²) in [5.74, 6) is 0.304. The van der Waals surface area contributed by atoms with Gasteiger partial charge in [-0.1, -0.05) is 12.1 Å². The molecule has 0 aliphatic carbocycles. The molecule has 0 radical (unpaired) electrons. The molecule has 0 fully saturated rings. The third-order valence-corrected chi connectivity index (χ3v) is 6.81. The number of esters is 1. The molecule has 0 amide bonds. The minimum atomic E-state index is -0.750. The SMILES string of the molecule is COC(=O)c1cccc(C[C@@H]2COc3ccc(OCc4nc5cc(F)ccc5s4)cc3[C@H]2O)c1. The minimum absolute atomic E-state index is 0.185. The Morgan fingerprint density at radius 2 is 2.09 bits per heavy atom. The van der Waals surface area contributed by atoms with E-state index in [9.17, 15) is 14.3 Å². The Labute approximate surface area is 199 Å². The molecule has 174 valence electrons. The summed E-state index contributed by atoms with van der Waals surface area (Å²) >= 11 is 1.45. The number of aliphatic hydroxyl groups is 1.